The maximum absolute atomic E-state index is 9.90. The third-order valence-corrected chi connectivity index (χ3v) is 3.58. The van der Waals surface area contributed by atoms with Crippen LogP contribution in [0.15, 0.2) is 0 Å². The molecule has 5 heteroatoms. The molecule has 0 aliphatic carbocycles. The molecule has 0 aromatic heterocycles. The standard InChI is InChI=1S/C13H29N3O2/c1-15(10-12-5-4-7-16(12)2)11-13(17)9-14-6-8-18-3/h12-14,17H,4-11H2,1-3H3. The highest BCUT2D eigenvalue weighted by molar-refractivity contribution is 4.79. The molecular formula is C13H29N3O2. The molecule has 108 valence electrons. The van der Waals surface area contributed by atoms with E-state index in [-0.39, 0.29) is 6.10 Å². The van der Waals surface area contributed by atoms with Crippen LogP contribution in [0.3, 0.4) is 0 Å². The number of methoxy groups -OCH3 is 1. The zero-order chi connectivity index (χ0) is 13.4. The predicted molar refractivity (Wildman–Crippen MR) is 73.9 cm³/mol. The SMILES string of the molecule is COCCNCC(O)CN(C)CC1CCCN1C. The first kappa shape index (κ1) is 15.9. The van der Waals surface area contributed by atoms with Crippen LogP contribution in [0.25, 0.3) is 0 Å². The average Bonchev–Trinajstić information content (AvgIpc) is 2.70. The molecule has 1 heterocycles. The van der Waals surface area contributed by atoms with Crippen molar-refractivity contribution in [1.29, 1.82) is 0 Å². The topological polar surface area (TPSA) is 48.0 Å². The van der Waals surface area contributed by atoms with Gasteiger partial charge in [-0.2, -0.15) is 0 Å². The molecule has 1 aliphatic heterocycles. The van der Waals surface area contributed by atoms with E-state index in [1.54, 1.807) is 7.11 Å². The summed E-state index contributed by atoms with van der Waals surface area (Å²) in [6.07, 6.45) is 2.28. The van der Waals surface area contributed by atoms with Crippen LogP contribution in [0.2, 0.25) is 0 Å². The molecule has 0 saturated carbocycles. The van der Waals surface area contributed by atoms with Crippen LogP contribution in [0.1, 0.15) is 12.8 Å². The molecule has 0 radical (unpaired) electrons. The largest absolute Gasteiger partial charge is 0.390 e. The molecule has 1 saturated heterocycles. The van der Waals surface area contributed by atoms with Crippen molar-refractivity contribution in [3.63, 3.8) is 0 Å². The molecule has 1 rings (SSSR count). The van der Waals surface area contributed by atoms with E-state index in [2.05, 4.69) is 29.2 Å². The molecule has 1 fully saturated rings. The summed E-state index contributed by atoms with van der Waals surface area (Å²) in [5.41, 5.74) is 0. The third kappa shape index (κ3) is 6.11. The summed E-state index contributed by atoms with van der Waals surface area (Å²) >= 11 is 0. The average molecular weight is 259 g/mol. The van der Waals surface area contributed by atoms with Gasteiger partial charge in [-0.1, -0.05) is 0 Å². The van der Waals surface area contributed by atoms with E-state index in [1.807, 2.05) is 0 Å². The predicted octanol–water partition coefficient (Wildman–Crippen LogP) is -0.391. The van der Waals surface area contributed by atoms with Crippen LogP contribution in [-0.4, -0.2) is 87.6 Å². The second-order valence-electron chi connectivity index (χ2n) is 5.35. The summed E-state index contributed by atoms with van der Waals surface area (Å²) in [5, 5.41) is 13.1. The van der Waals surface area contributed by atoms with E-state index in [0.29, 0.717) is 19.2 Å². The molecule has 0 spiro atoms. The van der Waals surface area contributed by atoms with Crippen molar-refractivity contribution in [2.45, 2.75) is 25.0 Å². The number of likely N-dealkylation sites (N-methyl/N-ethyl adjacent to an activating group) is 2. The third-order valence-electron chi connectivity index (χ3n) is 3.58. The first-order chi connectivity index (χ1) is 8.63. The second kappa shape index (κ2) is 8.82. The van der Waals surface area contributed by atoms with Gasteiger partial charge in [0.1, 0.15) is 0 Å². The number of aliphatic hydroxyl groups excluding tert-OH is 1. The highest BCUT2D eigenvalue weighted by atomic mass is 16.5. The van der Waals surface area contributed by atoms with Gasteiger partial charge in [-0.05, 0) is 33.5 Å². The Labute approximate surface area is 111 Å². The van der Waals surface area contributed by atoms with Gasteiger partial charge in [-0.15, -0.1) is 0 Å². The van der Waals surface area contributed by atoms with Crippen molar-refractivity contribution < 1.29 is 9.84 Å². The molecule has 2 unspecified atom stereocenters. The van der Waals surface area contributed by atoms with Crippen LogP contribution in [0.4, 0.5) is 0 Å². The minimum Gasteiger partial charge on any atom is -0.390 e. The Bertz CT molecular complexity index is 216. The quantitative estimate of drug-likeness (QED) is 0.552. The van der Waals surface area contributed by atoms with Crippen LogP contribution in [0, 0.1) is 0 Å². The molecule has 2 N–H and O–H groups in total. The van der Waals surface area contributed by atoms with E-state index < -0.39 is 0 Å². The van der Waals surface area contributed by atoms with E-state index in [9.17, 15) is 5.11 Å². The molecule has 5 nitrogen and oxygen atoms in total. The van der Waals surface area contributed by atoms with Gasteiger partial charge in [-0.25, -0.2) is 0 Å². The van der Waals surface area contributed by atoms with E-state index >= 15 is 0 Å². The van der Waals surface area contributed by atoms with E-state index in [0.717, 1.165) is 19.6 Å². The van der Waals surface area contributed by atoms with Gasteiger partial charge >= 0.3 is 0 Å². The Hall–Kier alpha value is -0.200. The number of hydrogen-bond donors (Lipinski definition) is 2. The number of ether oxygens (including phenoxy) is 1. The lowest BCUT2D eigenvalue weighted by Gasteiger charge is -2.27. The molecule has 18 heavy (non-hydrogen) atoms. The van der Waals surface area contributed by atoms with Crippen molar-refractivity contribution in [1.82, 2.24) is 15.1 Å². The lowest BCUT2D eigenvalue weighted by atomic mass is 10.2. The fraction of sp³-hybridized carbons (Fsp3) is 1.00. The van der Waals surface area contributed by atoms with Crippen molar-refractivity contribution >= 4 is 0 Å². The summed E-state index contributed by atoms with van der Waals surface area (Å²) in [4.78, 5) is 4.65. The minimum absolute atomic E-state index is 0.307. The molecule has 1 aliphatic rings. The second-order valence-corrected chi connectivity index (χ2v) is 5.35. The maximum atomic E-state index is 9.90. The summed E-state index contributed by atoms with van der Waals surface area (Å²) in [7, 11) is 5.96. The molecule has 0 bridgehead atoms. The highest BCUT2D eigenvalue weighted by Gasteiger charge is 2.22. The smallest absolute Gasteiger partial charge is 0.0791 e. The van der Waals surface area contributed by atoms with Crippen molar-refractivity contribution in [2.75, 3.05) is 60.5 Å². The monoisotopic (exact) mass is 259 g/mol. The number of hydrogen-bond acceptors (Lipinski definition) is 5. The van der Waals surface area contributed by atoms with Gasteiger partial charge in [-0.3, -0.25) is 0 Å². The zero-order valence-corrected chi connectivity index (χ0v) is 12.1. The zero-order valence-electron chi connectivity index (χ0n) is 12.1. The Balaban J connectivity index is 2.08. The Kier molecular flexibility index (Phi) is 7.77. The Morgan fingerprint density at radius 2 is 2.33 bits per heavy atom. The number of likely N-dealkylation sites (tertiary alicyclic amines) is 1. The van der Waals surface area contributed by atoms with E-state index in [4.69, 9.17) is 4.74 Å². The minimum atomic E-state index is -0.307. The van der Waals surface area contributed by atoms with Gasteiger partial charge in [0.2, 0.25) is 0 Å². The van der Waals surface area contributed by atoms with Gasteiger partial charge in [0.05, 0.1) is 12.7 Å². The van der Waals surface area contributed by atoms with Crippen molar-refractivity contribution in [2.24, 2.45) is 0 Å². The van der Waals surface area contributed by atoms with Gasteiger partial charge in [0, 0.05) is 39.3 Å². The maximum Gasteiger partial charge on any atom is 0.0791 e. The van der Waals surface area contributed by atoms with Crippen LogP contribution in [0.5, 0.6) is 0 Å². The fourth-order valence-corrected chi connectivity index (χ4v) is 2.51. The first-order valence-electron chi connectivity index (χ1n) is 6.90. The van der Waals surface area contributed by atoms with Gasteiger partial charge in [0.15, 0.2) is 0 Å². The van der Waals surface area contributed by atoms with Crippen LogP contribution >= 0.6 is 0 Å². The Morgan fingerprint density at radius 3 is 2.94 bits per heavy atom. The van der Waals surface area contributed by atoms with Crippen LogP contribution < -0.4 is 5.32 Å². The van der Waals surface area contributed by atoms with Crippen molar-refractivity contribution in [3.05, 3.63) is 0 Å². The number of nitrogens with zero attached hydrogens (tertiary/aromatic N) is 2. The Morgan fingerprint density at radius 1 is 1.56 bits per heavy atom. The lowest BCUT2D eigenvalue weighted by molar-refractivity contribution is 0.108. The van der Waals surface area contributed by atoms with E-state index in [1.165, 1.54) is 19.4 Å². The lowest BCUT2D eigenvalue weighted by Crippen LogP contribution is -2.42. The number of rotatable bonds is 9. The molecule has 0 amide bonds. The number of aliphatic hydroxyl groups is 1. The molecule has 0 aromatic rings. The molecule has 2 atom stereocenters. The normalized spacial score (nSPS) is 22.8. The van der Waals surface area contributed by atoms with Gasteiger partial charge < -0.3 is 25.0 Å². The highest BCUT2D eigenvalue weighted by Crippen LogP contribution is 2.15. The summed E-state index contributed by atoms with van der Waals surface area (Å²) in [5.74, 6) is 0. The fourth-order valence-electron chi connectivity index (χ4n) is 2.51. The summed E-state index contributed by atoms with van der Waals surface area (Å²) < 4.78 is 4.95. The number of nitrogens with one attached hydrogen (secondary N) is 1. The molecule has 0 aromatic carbocycles. The first-order valence-corrected chi connectivity index (χ1v) is 6.90. The van der Waals surface area contributed by atoms with Crippen LogP contribution in [-0.2, 0) is 4.74 Å². The van der Waals surface area contributed by atoms with Gasteiger partial charge in [0.25, 0.3) is 0 Å². The molecular weight excluding hydrogens is 230 g/mol. The van der Waals surface area contributed by atoms with Crippen molar-refractivity contribution in [3.8, 4) is 0 Å². The summed E-state index contributed by atoms with van der Waals surface area (Å²) in [6.45, 7) is 5.10. The summed E-state index contributed by atoms with van der Waals surface area (Å²) in [6, 6.07) is 0.656.